The van der Waals surface area contributed by atoms with Crippen molar-refractivity contribution in [2.24, 2.45) is 0 Å². The van der Waals surface area contributed by atoms with E-state index in [-0.39, 0.29) is 39.5 Å². The van der Waals surface area contributed by atoms with E-state index < -0.39 is 5.97 Å². The van der Waals surface area contributed by atoms with E-state index in [4.69, 9.17) is 5.11 Å². The molecule has 0 aromatic heterocycles. The normalized spacial score (nSPS) is 14.3. The van der Waals surface area contributed by atoms with E-state index in [0.29, 0.717) is 0 Å². The van der Waals surface area contributed by atoms with E-state index in [2.05, 4.69) is 53.4 Å². The second-order valence-electron chi connectivity index (χ2n) is 5.93. The monoisotopic (exact) mass is 458 g/mol. The number of aliphatic carboxylic acids is 1. The van der Waals surface area contributed by atoms with Gasteiger partial charge < -0.3 is 12.5 Å². The van der Waals surface area contributed by atoms with E-state index >= 15 is 0 Å². The molecule has 1 aliphatic heterocycles. The van der Waals surface area contributed by atoms with E-state index in [9.17, 15) is 4.79 Å². The Labute approximate surface area is 177 Å². The number of carboxylic acid groups (broad SMARTS) is 1. The minimum absolute atomic E-state index is 0. The maximum atomic E-state index is 10.9. The Kier molecular flexibility index (Phi) is 12.8. The number of carbonyl (C=O) groups is 1. The zero-order valence-corrected chi connectivity index (χ0v) is 18.1. The Morgan fingerprint density at radius 2 is 1.30 bits per heavy atom. The number of piperazine rings is 1. The maximum Gasteiger partial charge on any atom is 0.317 e. The van der Waals surface area contributed by atoms with Crippen molar-refractivity contribution < 1.29 is 29.4 Å². The molecule has 27 heavy (non-hydrogen) atoms. The molecule has 0 amide bonds. The third-order valence-electron chi connectivity index (χ3n) is 4.36. The van der Waals surface area contributed by atoms with Crippen molar-refractivity contribution in [2.75, 3.05) is 32.7 Å². The first-order valence-electron chi connectivity index (χ1n) is 9.02. The number of carboxylic acids is 1. The zero-order chi connectivity index (χ0) is 18.1. The number of hydrogen-bond acceptors (Lipinski definition) is 3. The summed E-state index contributed by atoms with van der Waals surface area (Å²) in [5, 5.41) is 8.94. The van der Waals surface area contributed by atoms with Crippen molar-refractivity contribution in [3.63, 3.8) is 0 Å². The molecule has 0 unspecified atom stereocenters. The summed E-state index contributed by atoms with van der Waals surface area (Å²) in [4.78, 5) is 15.3. The molecular weight excluding hydrogens is 427 g/mol. The van der Waals surface area contributed by atoms with Gasteiger partial charge in [-0.05, 0) is 11.1 Å². The van der Waals surface area contributed by atoms with E-state index in [1.807, 2.05) is 30.9 Å². The van der Waals surface area contributed by atoms with E-state index in [1.165, 1.54) is 11.1 Å². The van der Waals surface area contributed by atoms with Gasteiger partial charge in [-0.15, -0.1) is 0 Å². The molecule has 1 saturated heterocycles. The summed E-state index contributed by atoms with van der Waals surface area (Å²) in [6, 6.07) is 21.3. The van der Waals surface area contributed by atoms with Crippen molar-refractivity contribution >= 4 is 5.97 Å². The van der Waals surface area contributed by atoms with Crippen LogP contribution in [0.4, 0.5) is 0 Å². The van der Waals surface area contributed by atoms with Gasteiger partial charge in [-0.25, -0.2) is 0 Å². The van der Waals surface area contributed by atoms with Gasteiger partial charge in [-0.1, -0.05) is 74.5 Å². The fourth-order valence-corrected chi connectivity index (χ4v) is 3.26. The number of rotatable bonds is 5. The zero-order valence-electron chi connectivity index (χ0n) is 16.5. The third kappa shape index (κ3) is 7.53. The molecule has 1 fully saturated rings. The summed E-state index contributed by atoms with van der Waals surface area (Å²) in [6.07, 6.45) is 0. The molecule has 2 aromatic rings. The van der Waals surface area contributed by atoms with Crippen molar-refractivity contribution in [2.45, 2.75) is 19.9 Å². The van der Waals surface area contributed by atoms with Gasteiger partial charge in [0.05, 0.1) is 12.6 Å². The van der Waals surface area contributed by atoms with Gasteiger partial charge in [-0.2, -0.15) is 0 Å². The Morgan fingerprint density at radius 1 is 0.889 bits per heavy atom. The minimum atomic E-state index is -0.749. The molecule has 0 spiro atoms. The molecule has 2 aromatic carbocycles. The molecule has 0 bridgehead atoms. The van der Waals surface area contributed by atoms with Gasteiger partial charge in [0.25, 0.3) is 0 Å². The summed E-state index contributed by atoms with van der Waals surface area (Å²) < 4.78 is 0. The second-order valence-corrected chi connectivity index (χ2v) is 5.93. The predicted molar refractivity (Wildman–Crippen MR) is 108 cm³/mol. The molecule has 1 radical (unpaired) electrons. The molecule has 4 nitrogen and oxygen atoms in total. The van der Waals surface area contributed by atoms with Gasteiger partial charge in [0.15, 0.2) is 0 Å². The topological polar surface area (TPSA) is 43.8 Å². The quantitative estimate of drug-likeness (QED) is 0.545. The van der Waals surface area contributed by atoms with Gasteiger partial charge in [0.2, 0.25) is 0 Å². The van der Waals surface area contributed by atoms with Gasteiger partial charge >= 0.3 is 5.97 Å². The van der Waals surface area contributed by atoms with Gasteiger partial charge in [-0.3, -0.25) is 14.6 Å². The molecule has 1 aliphatic rings. The van der Waals surface area contributed by atoms with Crippen LogP contribution in [-0.4, -0.2) is 53.6 Å². The van der Waals surface area contributed by atoms with Crippen LogP contribution < -0.4 is 0 Å². The summed E-state index contributed by atoms with van der Waals surface area (Å²) in [6.45, 7) is 7.48. The molecule has 151 valence electrons. The molecule has 1 N–H and O–H groups in total. The van der Waals surface area contributed by atoms with Crippen LogP contribution in [0.2, 0.25) is 0 Å². The van der Waals surface area contributed by atoms with Crippen LogP contribution in [0.25, 0.3) is 0 Å². The fourth-order valence-electron chi connectivity index (χ4n) is 3.26. The molecule has 1 heterocycles. The van der Waals surface area contributed by atoms with Crippen molar-refractivity contribution in [3.8, 4) is 0 Å². The van der Waals surface area contributed by atoms with Crippen LogP contribution in [0.1, 0.15) is 31.0 Å². The van der Waals surface area contributed by atoms with Gasteiger partial charge in [0, 0.05) is 45.7 Å². The fraction of sp³-hybridized carbons (Fsp3) is 0.364. The second kappa shape index (κ2) is 13.6. The van der Waals surface area contributed by atoms with Crippen LogP contribution in [0.5, 0.6) is 0 Å². The third-order valence-corrected chi connectivity index (χ3v) is 4.36. The Balaban J connectivity index is 0.00000164. The minimum Gasteiger partial charge on any atom is -0.480 e. The Hall–Kier alpha value is -1.55. The summed E-state index contributed by atoms with van der Waals surface area (Å²) in [5.41, 5.74) is 2.57. The SMILES string of the molecule is CC.O=C(O)CN1CCN(C(c2ccccc2)c2ccccc2)CC1.[CH3-].[Rh]. The molecular formula is C22H31N2O2Rh-. The van der Waals surface area contributed by atoms with Crippen LogP contribution in [-0.2, 0) is 24.3 Å². The van der Waals surface area contributed by atoms with Crippen molar-refractivity contribution in [3.05, 3.63) is 79.2 Å². The first-order valence-corrected chi connectivity index (χ1v) is 9.02. The summed E-state index contributed by atoms with van der Waals surface area (Å²) >= 11 is 0. The Morgan fingerprint density at radius 3 is 1.67 bits per heavy atom. The summed E-state index contributed by atoms with van der Waals surface area (Å²) in [7, 11) is 0. The van der Waals surface area contributed by atoms with Crippen molar-refractivity contribution in [1.29, 1.82) is 0 Å². The summed E-state index contributed by atoms with van der Waals surface area (Å²) in [5.74, 6) is -0.749. The first kappa shape index (κ1) is 25.5. The average molecular weight is 458 g/mol. The van der Waals surface area contributed by atoms with Crippen LogP contribution in [0, 0.1) is 7.43 Å². The number of hydrogen-bond donors (Lipinski definition) is 1. The molecule has 0 atom stereocenters. The number of benzene rings is 2. The first-order chi connectivity index (χ1) is 12.2. The van der Waals surface area contributed by atoms with Crippen LogP contribution >= 0.6 is 0 Å². The number of nitrogens with zero attached hydrogens (tertiary/aromatic N) is 2. The maximum absolute atomic E-state index is 10.9. The van der Waals surface area contributed by atoms with E-state index in [1.54, 1.807) is 0 Å². The van der Waals surface area contributed by atoms with Crippen LogP contribution in [0.3, 0.4) is 0 Å². The standard InChI is InChI=1S/C19H22N2O2.C2H6.CH3.Rh/c22-18(23)15-20-11-13-21(14-12-20)19(16-7-3-1-4-8-16)17-9-5-2-6-10-17;1-2;;/h1-10,19H,11-15H2,(H,22,23);1-2H3;1H3;/q;;-1;. The molecule has 0 aliphatic carbocycles. The average Bonchev–Trinajstić information content (AvgIpc) is 2.66. The van der Waals surface area contributed by atoms with Gasteiger partial charge in [0.1, 0.15) is 0 Å². The van der Waals surface area contributed by atoms with E-state index in [0.717, 1.165) is 26.2 Å². The molecule has 0 saturated carbocycles. The smallest absolute Gasteiger partial charge is 0.317 e. The Bertz CT molecular complexity index is 590. The van der Waals surface area contributed by atoms with Crippen molar-refractivity contribution in [1.82, 2.24) is 9.80 Å². The predicted octanol–water partition coefficient (Wildman–Crippen LogP) is 3.95. The largest absolute Gasteiger partial charge is 0.480 e. The molecule has 3 rings (SSSR count). The molecule has 5 heteroatoms. The van der Waals surface area contributed by atoms with Crippen LogP contribution in [0.15, 0.2) is 60.7 Å².